The van der Waals surface area contributed by atoms with E-state index in [-0.39, 0.29) is 0 Å². The molecule has 40 heavy (non-hydrogen) atoms. The van der Waals surface area contributed by atoms with Gasteiger partial charge in [-0.2, -0.15) is 0 Å². The Hall–Kier alpha value is -3.02. The van der Waals surface area contributed by atoms with Gasteiger partial charge in [0.25, 0.3) is 0 Å². The minimum atomic E-state index is -0.420. The second-order valence-electron chi connectivity index (χ2n) is 10.7. The molecule has 0 saturated carbocycles. The summed E-state index contributed by atoms with van der Waals surface area (Å²) < 4.78 is 10.7. The highest BCUT2D eigenvalue weighted by Gasteiger charge is 2.06. The van der Waals surface area contributed by atoms with Gasteiger partial charge in [-0.15, -0.1) is 0 Å². The summed E-state index contributed by atoms with van der Waals surface area (Å²) >= 11 is 0. The fraction of sp³-hybridized carbons (Fsp3) is 0.588. The first kappa shape index (κ1) is 33.2. The summed E-state index contributed by atoms with van der Waals surface area (Å²) in [6.07, 6.45) is 17.6. The van der Waals surface area contributed by atoms with Crippen molar-refractivity contribution in [3.05, 3.63) is 59.7 Å². The van der Waals surface area contributed by atoms with Gasteiger partial charge in [0.2, 0.25) is 0 Å². The maximum atomic E-state index is 12.0. The number of amides is 2. The van der Waals surface area contributed by atoms with E-state index in [0.29, 0.717) is 24.6 Å². The summed E-state index contributed by atoms with van der Waals surface area (Å²) in [6, 6.07) is 15.6. The second kappa shape index (κ2) is 21.8. The van der Waals surface area contributed by atoms with Crippen LogP contribution in [-0.2, 0) is 12.8 Å². The Kier molecular flexibility index (Phi) is 18.1. The molecule has 0 aliphatic rings. The third-order valence-corrected chi connectivity index (χ3v) is 7.05. The van der Waals surface area contributed by atoms with Crippen LogP contribution in [0.2, 0.25) is 0 Å². The van der Waals surface area contributed by atoms with Crippen LogP contribution >= 0.6 is 0 Å². The van der Waals surface area contributed by atoms with Crippen molar-refractivity contribution in [1.29, 1.82) is 0 Å². The molecule has 0 aliphatic carbocycles. The van der Waals surface area contributed by atoms with Crippen LogP contribution in [0.3, 0.4) is 0 Å². The van der Waals surface area contributed by atoms with E-state index in [9.17, 15) is 9.59 Å². The van der Waals surface area contributed by atoms with Crippen LogP contribution in [0.15, 0.2) is 48.5 Å². The first-order chi connectivity index (χ1) is 19.6. The predicted molar refractivity (Wildman–Crippen MR) is 164 cm³/mol. The van der Waals surface area contributed by atoms with E-state index in [1.165, 1.54) is 75.3 Å². The SMILES string of the molecule is CCCCCCCc1ccc(OC(=O)NCCCCCCNC(=O)Oc2ccc(CCCCCCC)cc2)cc1. The lowest BCUT2D eigenvalue weighted by Crippen LogP contribution is -2.28. The minimum absolute atomic E-state index is 0.420. The van der Waals surface area contributed by atoms with Gasteiger partial charge in [0.05, 0.1) is 0 Å². The van der Waals surface area contributed by atoms with E-state index in [0.717, 1.165) is 38.5 Å². The molecule has 0 saturated heterocycles. The quantitative estimate of drug-likeness (QED) is 0.151. The molecule has 6 heteroatoms. The molecule has 222 valence electrons. The molecular weight excluding hydrogens is 500 g/mol. The maximum Gasteiger partial charge on any atom is 0.412 e. The highest BCUT2D eigenvalue weighted by Crippen LogP contribution is 2.16. The van der Waals surface area contributed by atoms with Crippen LogP contribution in [0.1, 0.15) is 115 Å². The Bertz CT molecular complexity index is 850. The van der Waals surface area contributed by atoms with Gasteiger partial charge in [-0.05, 0) is 73.9 Å². The lowest BCUT2D eigenvalue weighted by molar-refractivity contribution is 0.198. The number of carbonyl (C=O) groups is 2. The molecule has 2 rings (SSSR count). The molecule has 0 heterocycles. The monoisotopic (exact) mass is 552 g/mol. The zero-order valence-corrected chi connectivity index (χ0v) is 25.0. The molecule has 2 aromatic rings. The van der Waals surface area contributed by atoms with E-state index in [4.69, 9.17) is 9.47 Å². The molecular formula is C34H52N2O4. The molecule has 0 bridgehead atoms. The number of benzene rings is 2. The van der Waals surface area contributed by atoms with Gasteiger partial charge in [-0.25, -0.2) is 9.59 Å². The van der Waals surface area contributed by atoms with Gasteiger partial charge in [-0.3, -0.25) is 0 Å². The highest BCUT2D eigenvalue weighted by atomic mass is 16.6. The van der Waals surface area contributed by atoms with Crippen molar-refractivity contribution in [1.82, 2.24) is 10.6 Å². The van der Waals surface area contributed by atoms with E-state index < -0.39 is 12.2 Å². The summed E-state index contributed by atoms with van der Waals surface area (Å²) in [5.74, 6) is 1.14. The summed E-state index contributed by atoms with van der Waals surface area (Å²) in [5.41, 5.74) is 2.56. The van der Waals surface area contributed by atoms with Crippen molar-refractivity contribution < 1.29 is 19.1 Å². The number of carbonyl (C=O) groups excluding carboxylic acids is 2. The van der Waals surface area contributed by atoms with E-state index in [2.05, 4.69) is 24.5 Å². The van der Waals surface area contributed by atoms with Crippen molar-refractivity contribution in [3.8, 4) is 11.5 Å². The fourth-order valence-electron chi connectivity index (χ4n) is 4.58. The molecule has 0 unspecified atom stereocenters. The predicted octanol–water partition coefficient (Wildman–Crippen LogP) is 9.15. The zero-order valence-electron chi connectivity index (χ0n) is 25.0. The third-order valence-electron chi connectivity index (χ3n) is 7.05. The normalized spacial score (nSPS) is 10.8. The second-order valence-corrected chi connectivity index (χ2v) is 10.7. The van der Waals surface area contributed by atoms with Crippen LogP contribution < -0.4 is 20.1 Å². The average Bonchev–Trinajstić information content (AvgIpc) is 2.96. The highest BCUT2D eigenvalue weighted by molar-refractivity contribution is 5.70. The number of hydrogen-bond acceptors (Lipinski definition) is 4. The maximum absolute atomic E-state index is 12.0. The zero-order chi connectivity index (χ0) is 28.7. The fourth-order valence-corrected chi connectivity index (χ4v) is 4.58. The van der Waals surface area contributed by atoms with Gasteiger partial charge < -0.3 is 20.1 Å². The Morgan fingerprint density at radius 2 is 0.850 bits per heavy atom. The largest absolute Gasteiger partial charge is 0.412 e. The molecule has 0 aromatic heterocycles. The first-order valence-corrected chi connectivity index (χ1v) is 15.7. The van der Waals surface area contributed by atoms with Crippen LogP contribution in [0.5, 0.6) is 11.5 Å². The summed E-state index contributed by atoms with van der Waals surface area (Å²) in [7, 11) is 0. The molecule has 2 N–H and O–H groups in total. The summed E-state index contributed by atoms with van der Waals surface area (Å²) in [4.78, 5) is 24.1. The van der Waals surface area contributed by atoms with Crippen LogP contribution in [0.4, 0.5) is 9.59 Å². The Labute approximate surface area is 242 Å². The Morgan fingerprint density at radius 1 is 0.500 bits per heavy atom. The smallest absolute Gasteiger partial charge is 0.410 e. The van der Waals surface area contributed by atoms with Crippen molar-refractivity contribution in [2.75, 3.05) is 13.1 Å². The van der Waals surface area contributed by atoms with Crippen molar-refractivity contribution in [2.24, 2.45) is 0 Å². The number of nitrogens with one attached hydrogen (secondary N) is 2. The van der Waals surface area contributed by atoms with Gasteiger partial charge in [0.15, 0.2) is 0 Å². The van der Waals surface area contributed by atoms with Gasteiger partial charge in [0, 0.05) is 13.1 Å². The molecule has 0 aliphatic heterocycles. The molecule has 0 atom stereocenters. The molecule has 6 nitrogen and oxygen atoms in total. The Morgan fingerprint density at radius 3 is 1.23 bits per heavy atom. The van der Waals surface area contributed by atoms with Gasteiger partial charge in [0.1, 0.15) is 11.5 Å². The van der Waals surface area contributed by atoms with Gasteiger partial charge >= 0.3 is 12.2 Å². The number of ether oxygens (including phenoxy) is 2. The molecule has 0 fully saturated rings. The summed E-state index contributed by atoms with van der Waals surface area (Å²) in [5, 5.41) is 5.62. The third kappa shape index (κ3) is 16.2. The molecule has 0 radical (unpaired) electrons. The van der Waals surface area contributed by atoms with E-state index in [1.807, 2.05) is 48.5 Å². The lowest BCUT2D eigenvalue weighted by atomic mass is 10.1. The van der Waals surface area contributed by atoms with Crippen molar-refractivity contribution in [3.63, 3.8) is 0 Å². The average molecular weight is 553 g/mol. The number of aryl methyl sites for hydroxylation is 2. The Balaban J connectivity index is 1.45. The number of unbranched alkanes of at least 4 members (excludes halogenated alkanes) is 11. The van der Waals surface area contributed by atoms with Crippen LogP contribution in [0, 0.1) is 0 Å². The van der Waals surface area contributed by atoms with E-state index in [1.54, 1.807) is 0 Å². The molecule has 2 amide bonds. The topological polar surface area (TPSA) is 76.7 Å². The van der Waals surface area contributed by atoms with Crippen LogP contribution in [0.25, 0.3) is 0 Å². The first-order valence-electron chi connectivity index (χ1n) is 15.7. The standard InChI is InChI=1S/C34H52N2O4/c1-3-5-7-9-13-17-29-19-23-31(24-20-29)39-33(37)35-27-15-11-12-16-28-36-34(38)40-32-25-21-30(22-26-32)18-14-10-8-6-4-2/h19-26H,3-18,27-28H2,1-2H3,(H,35,37)(H,36,38). The minimum Gasteiger partial charge on any atom is -0.410 e. The molecule has 2 aromatic carbocycles. The lowest BCUT2D eigenvalue weighted by Gasteiger charge is -2.09. The number of rotatable bonds is 21. The van der Waals surface area contributed by atoms with Crippen LogP contribution in [-0.4, -0.2) is 25.3 Å². The van der Waals surface area contributed by atoms with Crippen molar-refractivity contribution in [2.45, 2.75) is 117 Å². The summed E-state index contributed by atoms with van der Waals surface area (Å²) in [6.45, 7) is 5.59. The molecule has 0 spiro atoms. The van der Waals surface area contributed by atoms with Gasteiger partial charge in [-0.1, -0.05) is 102 Å². The number of hydrogen-bond donors (Lipinski definition) is 2. The van der Waals surface area contributed by atoms with Crippen molar-refractivity contribution >= 4 is 12.2 Å². The van der Waals surface area contributed by atoms with E-state index >= 15 is 0 Å².